The van der Waals surface area contributed by atoms with Crippen LogP contribution in [0.5, 0.6) is 0 Å². The Bertz CT molecular complexity index is 938. The van der Waals surface area contributed by atoms with Crippen LogP contribution in [0.4, 0.5) is 0 Å². The third-order valence-corrected chi connectivity index (χ3v) is 6.41. The van der Waals surface area contributed by atoms with Crippen LogP contribution in [0.25, 0.3) is 0 Å². The predicted molar refractivity (Wildman–Crippen MR) is 213 cm³/mol. The van der Waals surface area contributed by atoms with Gasteiger partial charge in [-0.15, -0.1) is 12.8 Å². The predicted octanol–water partition coefficient (Wildman–Crippen LogP) is 1.31. The first kappa shape index (κ1) is 61.9. The number of carboxylic acid groups (broad SMARTS) is 2. The van der Waals surface area contributed by atoms with Gasteiger partial charge in [-0.3, -0.25) is 24.0 Å². The number of aldehydes is 1. The summed E-state index contributed by atoms with van der Waals surface area (Å²) < 4.78 is 0. The summed E-state index contributed by atoms with van der Waals surface area (Å²) in [6.45, 7) is 8.48. The topological polar surface area (TPSA) is 278 Å². The minimum atomic E-state index is -1.30. The highest BCUT2D eigenvalue weighted by molar-refractivity contribution is 5.87. The van der Waals surface area contributed by atoms with E-state index in [-0.39, 0.29) is 51.2 Å². The molecule has 0 aromatic heterocycles. The molecule has 0 spiro atoms. The van der Waals surface area contributed by atoms with Crippen molar-refractivity contribution in [2.24, 2.45) is 5.73 Å². The fraction of sp³-hybridized carbons (Fsp3) is 0.757. The number of carboxylic acids is 2. The first-order valence-electron chi connectivity index (χ1n) is 18.8. The van der Waals surface area contributed by atoms with Crippen LogP contribution in [0.2, 0.25) is 0 Å². The van der Waals surface area contributed by atoms with Crippen molar-refractivity contribution in [2.45, 2.75) is 130 Å². The van der Waals surface area contributed by atoms with Crippen LogP contribution in [0.1, 0.15) is 118 Å². The van der Waals surface area contributed by atoms with Crippen molar-refractivity contribution in [1.82, 2.24) is 31.9 Å². The average molecular weight is 778 g/mol. The lowest BCUT2D eigenvalue weighted by molar-refractivity contribution is -0.142. The van der Waals surface area contributed by atoms with E-state index in [2.05, 4.69) is 44.7 Å². The number of carbonyl (C=O) groups is 7. The molecular formula is C37H75N7O10. The lowest BCUT2D eigenvalue weighted by Gasteiger charge is -2.16. The number of aliphatic carboxylic acids is 2. The van der Waals surface area contributed by atoms with Crippen LogP contribution in [-0.4, -0.2) is 123 Å². The molecule has 17 nitrogen and oxygen atoms in total. The van der Waals surface area contributed by atoms with Crippen molar-refractivity contribution in [3.8, 4) is 12.8 Å². The monoisotopic (exact) mass is 778 g/mol. The van der Waals surface area contributed by atoms with Crippen molar-refractivity contribution in [1.29, 1.82) is 0 Å². The van der Waals surface area contributed by atoms with E-state index < -0.39 is 41.7 Å². The normalized spacial score (nSPS) is 10.3. The van der Waals surface area contributed by atoms with Crippen molar-refractivity contribution in [2.75, 3.05) is 53.9 Å². The van der Waals surface area contributed by atoms with Crippen LogP contribution in [0.3, 0.4) is 0 Å². The van der Waals surface area contributed by atoms with E-state index in [4.69, 9.17) is 15.9 Å². The van der Waals surface area contributed by atoms with E-state index in [1.54, 1.807) is 0 Å². The molecule has 0 aromatic rings. The zero-order valence-electron chi connectivity index (χ0n) is 34.1. The molecule has 54 heavy (non-hydrogen) atoms. The lowest BCUT2D eigenvalue weighted by atomic mass is 10.1. The number of carbonyl (C=O) groups excluding carboxylic acids is 5. The molecule has 318 valence electrons. The van der Waals surface area contributed by atoms with E-state index in [0.717, 1.165) is 64.8 Å². The van der Waals surface area contributed by atoms with Gasteiger partial charge >= 0.3 is 11.9 Å². The number of rotatable bonds is 28. The molecule has 0 saturated heterocycles. The lowest BCUT2D eigenvalue weighted by Crippen LogP contribution is -2.50. The maximum Gasteiger partial charge on any atom is 0.326 e. The molecule has 0 saturated carbocycles. The maximum absolute atomic E-state index is 12.1. The zero-order valence-corrected chi connectivity index (χ0v) is 34.1. The third-order valence-electron chi connectivity index (χ3n) is 6.41. The Kier molecular flexibility index (Phi) is 61.0. The average Bonchev–Trinajstić information content (AvgIpc) is 3.17. The molecule has 0 fully saturated rings. The molecule has 2 atom stereocenters. The molecule has 0 aliphatic rings. The van der Waals surface area contributed by atoms with Gasteiger partial charge in [0.2, 0.25) is 23.6 Å². The first-order chi connectivity index (χ1) is 26.0. The Hall–Kier alpha value is -4.11. The van der Waals surface area contributed by atoms with Gasteiger partial charge in [0.15, 0.2) is 0 Å². The molecule has 0 aliphatic carbocycles. The van der Waals surface area contributed by atoms with E-state index in [9.17, 15) is 38.7 Å². The second-order valence-corrected chi connectivity index (χ2v) is 10.8. The van der Waals surface area contributed by atoms with E-state index in [1.165, 1.54) is 0 Å². The largest absolute Gasteiger partial charge is 0.481 e. The second-order valence-electron chi connectivity index (χ2n) is 10.8. The fourth-order valence-corrected chi connectivity index (χ4v) is 3.94. The van der Waals surface area contributed by atoms with Crippen LogP contribution >= 0.6 is 0 Å². The molecule has 0 radical (unpaired) electrons. The highest BCUT2D eigenvalue weighted by Gasteiger charge is 2.20. The van der Waals surface area contributed by atoms with E-state index >= 15 is 0 Å². The molecule has 0 bridgehead atoms. The molecule has 17 heteroatoms. The third kappa shape index (κ3) is 52.3. The SMILES string of the molecule is C#C.CC.CC.CNC.CO.N[C@@H](CNCCNC(=O)CCCCCCCCCCC=O)C(=O)NCC(=O)NCC[C@@H](NC(=O)CCCC(=O)O)C(=O)O. The summed E-state index contributed by atoms with van der Waals surface area (Å²) in [7, 11) is 4.75. The Morgan fingerprint density at radius 3 is 1.65 bits per heavy atom. The number of hydrogen-bond acceptors (Lipinski definition) is 11. The molecule has 0 unspecified atom stereocenters. The maximum atomic E-state index is 12.1. The van der Waals surface area contributed by atoms with Crippen molar-refractivity contribution < 1.29 is 48.9 Å². The number of amides is 4. The summed E-state index contributed by atoms with van der Waals surface area (Å²) in [6.07, 6.45) is 18.1. The summed E-state index contributed by atoms with van der Waals surface area (Å²) in [6, 6.07) is -2.19. The van der Waals surface area contributed by atoms with Gasteiger partial charge in [-0.05, 0) is 39.8 Å². The van der Waals surface area contributed by atoms with Gasteiger partial charge in [0.25, 0.3) is 0 Å². The number of nitrogens with two attached hydrogens (primary N) is 1. The quantitative estimate of drug-likeness (QED) is 0.0305. The van der Waals surface area contributed by atoms with Crippen LogP contribution in [0, 0.1) is 12.8 Å². The minimum Gasteiger partial charge on any atom is -0.481 e. The Morgan fingerprint density at radius 1 is 0.667 bits per heavy atom. The second kappa shape index (κ2) is 53.2. The minimum absolute atomic E-state index is 0.0310. The number of hydrogen-bond donors (Lipinski definition) is 10. The molecule has 0 aliphatic heterocycles. The fourth-order valence-electron chi connectivity index (χ4n) is 3.94. The highest BCUT2D eigenvalue weighted by Crippen LogP contribution is 2.10. The van der Waals surface area contributed by atoms with Crippen molar-refractivity contribution in [3.05, 3.63) is 0 Å². The Morgan fingerprint density at radius 2 is 1.15 bits per heavy atom. The highest BCUT2D eigenvalue weighted by atomic mass is 16.4. The van der Waals surface area contributed by atoms with E-state index in [0.29, 0.717) is 25.9 Å². The summed E-state index contributed by atoms with van der Waals surface area (Å²) >= 11 is 0. The van der Waals surface area contributed by atoms with Gasteiger partial charge in [-0.2, -0.15) is 0 Å². The van der Waals surface area contributed by atoms with Crippen LogP contribution in [0.15, 0.2) is 0 Å². The number of terminal acetylenes is 1. The Labute approximate surface area is 324 Å². The standard InChI is InChI=1S/C28H50N6O9.C2H7N.2C2H6.C2H2.CH4O/c29-21(19-30-16-17-32-23(36)11-8-6-4-2-1-3-5-7-9-18-35)27(41)33-20-25(38)31-15-14-22(28(42)43)34-24(37)12-10-13-26(39)40;1-3-2;4*1-2/h18,21-22,30H,1-17,19-20,29H2,(H,31,38)(H,32,36)(H,33,41)(H,34,37)(H,39,40)(H,42,43);3H,1-2H3;2*1-2H3;1-2H;2H,1H3/t21-,22+;;;;;/m0...../s1. The molecule has 4 amide bonds. The summed E-state index contributed by atoms with van der Waals surface area (Å²) in [4.78, 5) is 79.9. The summed E-state index contributed by atoms with van der Waals surface area (Å²) in [5.74, 6) is -4.12. The van der Waals surface area contributed by atoms with Gasteiger partial charge in [-0.25, -0.2) is 4.79 Å². The smallest absolute Gasteiger partial charge is 0.326 e. The van der Waals surface area contributed by atoms with Crippen LogP contribution in [-0.2, 0) is 33.6 Å². The number of nitrogens with one attached hydrogen (secondary N) is 6. The number of aliphatic hydroxyl groups excluding tert-OH is 1. The summed E-state index contributed by atoms with van der Waals surface area (Å²) in [5, 5.41) is 40.5. The molecule has 11 N–H and O–H groups in total. The molecule has 0 heterocycles. The van der Waals surface area contributed by atoms with Crippen LogP contribution < -0.4 is 37.6 Å². The molecule has 0 rings (SSSR count). The van der Waals surface area contributed by atoms with Gasteiger partial charge in [0.1, 0.15) is 12.3 Å². The molecular weight excluding hydrogens is 702 g/mol. The zero-order chi connectivity index (χ0) is 43.0. The van der Waals surface area contributed by atoms with Gasteiger partial charge in [0, 0.05) is 59.0 Å². The van der Waals surface area contributed by atoms with Crippen molar-refractivity contribution >= 4 is 41.9 Å². The van der Waals surface area contributed by atoms with Crippen molar-refractivity contribution in [3.63, 3.8) is 0 Å². The molecule has 0 aromatic carbocycles. The van der Waals surface area contributed by atoms with E-state index in [1.807, 2.05) is 41.8 Å². The summed E-state index contributed by atoms with van der Waals surface area (Å²) in [5.41, 5.74) is 5.82. The first-order valence-corrected chi connectivity index (χ1v) is 18.8. The number of unbranched alkanes of at least 4 members (excludes halogenated alkanes) is 8. The Balaban J connectivity index is -0.000000472. The number of aliphatic hydroxyl groups is 1. The van der Waals surface area contributed by atoms with Gasteiger partial charge in [-0.1, -0.05) is 66.2 Å². The van der Waals surface area contributed by atoms with Gasteiger partial charge in [0.05, 0.1) is 12.6 Å². The van der Waals surface area contributed by atoms with Gasteiger partial charge < -0.3 is 57.7 Å².